The first-order valence-electron chi connectivity index (χ1n) is 3.54. The van der Waals surface area contributed by atoms with Crippen molar-refractivity contribution >= 4 is 0 Å². The molecule has 0 aliphatic heterocycles. The van der Waals surface area contributed by atoms with E-state index in [4.69, 9.17) is 5.73 Å². The highest BCUT2D eigenvalue weighted by Gasteiger charge is 2.13. The summed E-state index contributed by atoms with van der Waals surface area (Å²) < 4.78 is 0. The maximum Gasteiger partial charge on any atom is 0.0145 e. The van der Waals surface area contributed by atoms with Crippen molar-refractivity contribution in [3.63, 3.8) is 0 Å². The Labute approximate surface area is 63.6 Å². The molecule has 0 fully saturated rings. The molecule has 0 saturated carbocycles. The smallest absolute Gasteiger partial charge is 0.0145 e. The van der Waals surface area contributed by atoms with Crippen LogP contribution in [-0.2, 0) is 0 Å². The first-order chi connectivity index (χ1) is 4.52. The van der Waals surface area contributed by atoms with E-state index in [-0.39, 0.29) is 5.41 Å². The molecule has 0 aliphatic carbocycles. The quantitative estimate of drug-likeness (QED) is 0.582. The van der Waals surface area contributed by atoms with Crippen LogP contribution in [0.5, 0.6) is 0 Å². The van der Waals surface area contributed by atoms with Gasteiger partial charge < -0.3 is 5.73 Å². The molecule has 0 aliphatic rings. The molecule has 0 radical (unpaired) electrons. The van der Waals surface area contributed by atoms with Gasteiger partial charge in [0.15, 0.2) is 0 Å². The zero-order valence-electron chi connectivity index (χ0n) is 7.15. The van der Waals surface area contributed by atoms with E-state index in [0.29, 0.717) is 6.54 Å². The Morgan fingerprint density at radius 2 is 2.00 bits per heavy atom. The highest BCUT2D eigenvalue weighted by Crippen LogP contribution is 2.23. The standard InChI is InChI=1S/C9H17N/c1-5-6-8(7-10)9(2,3)4/h5-6H,1,7,10H2,2-4H3/b8-6-. The van der Waals surface area contributed by atoms with Crippen molar-refractivity contribution in [1.82, 2.24) is 0 Å². The molecular weight excluding hydrogens is 122 g/mol. The third kappa shape index (κ3) is 2.83. The fourth-order valence-corrected chi connectivity index (χ4v) is 0.766. The number of allylic oxidation sites excluding steroid dienone is 2. The minimum atomic E-state index is 0.183. The van der Waals surface area contributed by atoms with Crippen LogP contribution in [0.2, 0.25) is 0 Å². The summed E-state index contributed by atoms with van der Waals surface area (Å²) in [5.74, 6) is 0. The van der Waals surface area contributed by atoms with Gasteiger partial charge in [-0.15, -0.1) is 0 Å². The highest BCUT2D eigenvalue weighted by atomic mass is 14.5. The minimum Gasteiger partial charge on any atom is -0.327 e. The van der Waals surface area contributed by atoms with Crippen LogP contribution in [0.15, 0.2) is 24.3 Å². The Balaban J connectivity index is 4.35. The fraction of sp³-hybridized carbons (Fsp3) is 0.556. The van der Waals surface area contributed by atoms with Crippen molar-refractivity contribution < 1.29 is 0 Å². The lowest BCUT2D eigenvalue weighted by atomic mass is 9.86. The van der Waals surface area contributed by atoms with Gasteiger partial charge in [-0.3, -0.25) is 0 Å². The Morgan fingerprint density at radius 3 is 2.10 bits per heavy atom. The van der Waals surface area contributed by atoms with E-state index in [1.165, 1.54) is 5.57 Å². The summed E-state index contributed by atoms with van der Waals surface area (Å²) in [6.07, 6.45) is 3.77. The first-order valence-corrected chi connectivity index (χ1v) is 3.54. The van der Waals surface area contributed by atoms with Gasteiger partial charge in [0.2, 0.25) is 0 Å². The van der Waals surface area contributed by atoms with Gasteiger partial charge in [0.05, 0.1) is 0 Å². The van der Waals surface area contributed by atoms with Crippen molar-refractivity contribution in [3.05, 3.63) is 24.3 Å². The molecule has 0 amide bonds. The molecule has 0 heterocycles. The SMILES string of the molecule is C=C/C=C(/CN)C(C)(C)C. The zero-order chi connectivity index (χ0) is 8.20. The second-order valence-electron chi connectivity index (χ2n) is 3.38. The van der Waals surface area contributed by atoms with Crippen LogP contribution < -0.4 is 5.73 Å². The topological polar surface area (TPSA) is 26.0 Å². The van der Waals surface area contributed by atoms with Crippen LogP contribution in [0.3, 0.4) is 0 Å². The summed E-state index contributed by atoms with van der Waals surface area (Å²) in [6.45, 7) is 10.7. The van der Waals surface area contributed by atoms with E-state index in [9.17, 15) is 0 Å². The van der Waals surface area contributed by atoms with Gasteiger partial charge >= 0.3 is 0 Å². The summed E-state index contributed by atoms with van der Waals surface area (Å²) in [7, 11) is 0. The monoisotopic (exact) mass is 139 g/mol. The second-order valence-corrected chi connectivity index (χ2v) is 3.38. The number of hydrogen-bond acceptors (Lipinski definition) is 1. The fourth-order valence-electron chi connectivity index (χ4n) is 0.766. The lowest BCUT2D eigenvalue weighted by Gasteiger charge is -2.21. The summed E-state index contributed by atoms with van der Waals surface area (Å²) >= 11 is 0. The van der Waals surface area contributed by atoms with Gasteiger partial charge in [0.25, 0.3) is 0 Å². The van der Waals surface area contributed by atoms with Crippen LogP contribution in [0.25, 0.3) is 0 Å². The van der Waals surface area contributed by atoms with Crippen molar-refractivity contribution in [2.24, 2.45) is 11.1 Å². The number of hydrogen-bond donors (Lipinski definition) is 1. The van der Waals surface area contributed by atoms with Crippen LogP contribution in [0, 0.1) is 5.41 Å². The molecule has 0 aromatic heterocycles. The molecule has 58 valence electrons. The summed E-state index contributed by atoms with van der Waals surface area (Å²) in [4.78, 5) is 0. The normalized spacial score (nSPS) is 13.4. The lowest BCUT2D eigenvalue weighted by Crippen LogP contribution is -2.17. The highest BCUT2D eigenvalue weighted by molar-refractivity contribution is 5.17. The summed E-state index contributed by atoms with van der Waals surface area (Å²) in [5, 5.41) is 0. The van der Waals surface area contributed by atoms with Crippen LogP contribution in [0.1, 0.15) is 20.8 Å². The molecule has 0 saturated heterocycles. The van der Waals surface area contributed by atoms with Crippen molar-refractivity contribution in [2.45, 2.75) is 20.8 Å². The Morgan fingerprint density at radius 1 is 1.50 bits per heavy atom. The van der Waals surface area contributed by atoms with Gasteiger partial charge in [-0.25, -0.2) is 0 Å². The maximum absolute atomic E-state index is 5.53. The average Bonchev–Trinajstić information content (AvgIpc) is 1.80. The van der Waals surface area contributed by atoms with Gasteiger partial charge in [0.1, 0.15) is 0 Å². The minimum absolute atomic E-state index is 0.183. The Hall–Kier alpha value is -0.560. The van der Waals surface area contributed by atoms with E-state index in [2.05, 4.69) is 27.4 Å². The predicted octanol–water partition coefficient (Wildman–Crippen LogP) is 2.10. The van der Waals surface area contributed by atoms with Crippen molar-refractivity contribution in [1.29, 1.82) is 0 Å². The Kier molecular flexibility index (Phi) is 3.37. The van der Waals surface area contributed by atoms with Crippen LogP contribution in [-0.4, -0.2) is 6.54 Å². The van der Waals surface area contributed by atoms with Crippen molar-refractivity contribution in [2.75, 3.05) is 6.54 Å². The molecule has 2 N–H and O–H groups in total. The molecular formula is C9H17N. The molecule has 0 aromatic carbocycles. The number of nitrogens with two attached hydrogens (primary N) is 1. The first kappa shape index (κ1) is 9.44. The maximum atomic E-state index is 5.53. The van der Waals surface area contributed by atoms with E-state index in [1.807, 2.05) is 6.08 Å². The van der Waals surface area contributed by atoms with Crippen LogP contribution >= 0.6 is 0 Å². The molecule has 0 bridgehead atoms. The second kappa shape index (κ2) is 3.57. The molecule has 0 aromatic rings. The molecule has 0 atom stereocenters. The molecule has 1 nitrogen and oxygen atoms in total. The third-order valence-electron chi connectivity index (χ3n) is 1.50. The van der Waals surface area contributed by atoms with Gasteiger partial charge in [-0.2, -0.15) is 0 Å². The van der Waals surface area contributed by atoms with Gasteiger partial charge in [-0.05, 0) is 5.41 Å². The Bertz CT molecular complexity index is 137. The lowest BCUT2D eigenvalue weighted by molar-refractivity contribution is 0.495. The van der Waals surface area contributed by atoms with Crippen LogP contribution in [0.4, 0.5) is 0 Å². The molecule has 10 heavy (non-hydrogen) atoms. The number of rotatable bonds is 2. The van der Waals surface area contributed by atoms with Crippen molar-refractivity contribution in [3.8, 4) is 0 Å². The van der Waals surface area contributed by atoms with Gasteiger partial charge in [-0.1, -0.05) is 45.1 Å². The molecule has 0 rings (SSSR count). The largest absolute Gasteiger partial charge is 0.327 e. The summed E-state index contributed by atoms with van der Waals surface area (Å²) in [5.41, 5.74) is 6.95. The third-order valence-corrected chi connectivity index (χ3v) is 1.50. The van der Waals surface area contributed by atoms with E-state index in [0.717, 1.165) is 0 Å². The average molecular weight is 139 g/mol. The van der Waals surface area contributed by atoms with Gasteiger partial charge in [0, 0.05) is 6.54 Å². The summed E-state index contributed by atoms with van der Waals surface area (Å²) in [6, 6.07) is 0. The molecule has 1 heteroatoms. The zero-order valence-corrected chi connectivity index (χ0v) is 7.15. The van der Waals surface area contributed by atoms with E-state index >= 15 is 0 Å². The molecule has 0 unspecified atom stereocenters. The molecule has 0 spiro atoms. The van der Waals surface area contributed by atoms with E-state index in [1.54, 1.807) is 6.08 Å². The predicted molar refractivity (Wildman–Crippen MR) is 46.8 cm³/mol. The van der Waals surface area contributed by atoms with E-state index < -0.39 is 0 Å².